The molecular formula is C18H19NO. The van der Waals surface area contributed by atoms with E-state index in [-0.39, 0.29) is 11.9 Å². The van der Waals surface area contributed by atoms with Crippen molar-refractivity contribution < 1.29 is 4.79 Å². The Morgan fingerprint density at radius 2 is 1.60 bits per heavy atom. The lowest BCUT2D eigenvalue weighted by molar-refractivity contribution is 0.0649. The van der Waals surface area contributed by atoms with Gasteiger partial charge in [-0.1, -0.05) is 62.4 Å². The molecule has 1 aliphatic rings. The van der Waals surface area contributed by atoms with Gasteiger partial charge in [0.2, 0.25) is 0 Å². The Labute approximate surface area is 120 Å². The number of benzene rings is 2. The van der Waals surface area contributed by atoms with Crippen LogP contribution in [0.4, 0.5) is 0 Å². The molecule has 3 rings (SSSR count). The topological polar surface area (TPSA) is 20.3 Å². The molecule has 1 amide bonds. The van der Waals surface area contributed by atoms with E-state index in [2.05, 4.69) is 32.0 Å². The number of carbonyl (C=O) groups excluding carboxylic acids is 1. The van der Waals surface area contributed by atoms with Crippen LogP contribution in [0.15, 0.2) is 54.6 Å². The Balaban J connectivity index is 1.98. The van der Waals surface area contributed by atoms with Crippen LogP contribution in [0.3, 0.4) is 0 Å². The van der Waals surface area contributed by atoms with E-state index >= 15 is 0 Å². The molecule has 0 bridgehead atoms. The molecule has 0 spiro atoms. The van der Waals surface area contributed by atoms with Crippen molar-refractivity contribution in [2.45, 2.75) is 26.4 Å². The number of amides is 1. The molecule has 0 saturated carbocycles. The van der Waals surface area contributed by atoms with Gasteiger partial charge in [-0.3, -0.25) is 4.79 Å². The number of hydrogen-bond acceptors (Lipinski definition) is 1. The predicted octanol–water partition coefficient (Wildman–Crippen LogP) is 4.04. The average Bonchev–Trinajstić information content (AvgIpc) is 2.78. The van der Waals surface area contributed by atoms with E-state index in [1.54, 1.807) is 0 Å². The maximum atomic E-state index is 12.6. The molecule has 2 heteroatoms. The third kappa shape index (κ3) is 2.11. The second-order valence-electron chi connectivity index (χ2n) is 5.69. The molecule has 0 N–H and O–H groups in total. The Morgan fingerprint density at radius 3 is 2.25 bits per heavy atom. The van der Waals surface area contributed by atoms with Gasteiger partial charge in [0.15, 0.2) is 0 Å². The van der Waals surface area contributed by atoms with Crippen molar-refractivity contribution in [1.29, 1.82) is 0 Å². The first-order valence-electron chi connectivity index (χ1n) is 7.12. The molecular weight excluding hydrogens is 246 g/mol. The van der Waals surface area contributed by atoms with Gasteiger partial charge < -0.3 is 4.90 Å². The number of nitrogens with zero attached hydrogens (tertiary/aromatic N) is 1. The number of carbonyl (C=O) groups is 1. The molecule has 20 heavy (non-hydrogen) atoms. The van der Waals surface area contributed by atoms with Crippen molar-refractivity contribution in [3.8, 4) is 0 Å². The van der Waals surface area contributed by atoms with Crippen molar-refractivity contribution in [3.63, 3.8) is 0 Å². The second kappa shape index (κ2) is 5.12. The maximum Gasteiger partial charge on any atom is 0.255 e. The van der Waals surface area contributed by atoms with Crippen LogP contribution in [0.2, 0.25) is 0 Å². The molecule has 102 valence electrons. The summed E-state index contributed by atoms with van der Waals surface area (Å²) in [6.07, 6.45) is 0. The lowest BCUT2D eigenvalue weighted by Gasteiger charge is -2.31. The molecule has 1 aliphatic heterocycles. The van der Waals surface area contributed by atoms with Crippen LogP contribution in [0.1, 0.15) is 41.4 Å². The highest BCUT2D eigenvalue weighted by atomic mass is 16.2. The van der Waals surface area contributed by atoms with Crippen LogP contribution in [0, 0.1) is 5.92 Å². The Morgan fingerprint density at radius 1 is 0.950 bits per heavy atom. The fourth-order valence-corrected chi connectivity index (χ4v) is 3.08. The molecule has 0 radical (unpaired) electrons. The van der Waals surface area contributed by atoms with Gasteiger partial charge in [-0.15, -0.1) is 0 Å². The van der Waals surface area contributed by atoms with Crippen LogP contribution in [-0.2, 0) is 6.54 Å². The summed E-state index contributed by atoms with van der Waals surface area (Å²) in [4.78, 5) is 14.6. The van der Waals surface area contributed by atoms with Crippen molar-refractivity contribution >= 4 is 5.91 Å². The minimum absolute atomic E-state index is 0.135. The van der Waals surface area contributed by atoms with E-state index < -0.39 is 0 Å². The molecule has 1 heterocycles. The Bertz CT molecular complexity index is 618. The van der Waals surface area contributed by atoms with E-state index in [1.807, 2.05) is 41.3 Å². The molecule has 2 aromatic carbocycles. The SMILES string of the molecule is CC(C)C(c1ccccc1)N1Cc2ccccc2C1=O. The zero-order valence-electron chi connectivity index (χ0n) is 11.9. The van der Waals surface area contributed by atoms with Crippen LogP contribution >= 0.6 is 0 Å². The van der Waals surface area contributed by atoms with E-state index in [0.29, 0.717) is 12.5 Å². The third-order valence-corrected chi connectivity index (χ3v) is 3.96. The van der Waals surface area contributed by atoms with Crippen molar-refractivity contribution in [3.05, 3.63) is 71.3 Å². The lowest BCUT2D eigenvalue weighted by Crippen LogP contribution is -2.32. The first-order chi connectivity index (χ1) is 9.68. The molecule has 2 nitrogen and oxygen atoms in total. The zero-order valence-corrected chi connectivity index (χ0v) is 11.9. The summed E-state index contributed by atoms with van der Waals surface area (Å²) in [5.41, 5.74) is 3.21. The number of hydrogen-bond donors (Lipinski definition) is 0. The van der Waals surface area contributed by atoms with Crippen molar-refractivity contribution in [2.75, 3.05) is 0 Å². The normalized spacial score (nSPS) is 15.6. The highest BCUT2D eigenvalue weighted by molar-refractivity contribution is 5.98. The predicted molar refractivity (Wildman–Crippen MR) is 80.3 cm³/mol. The maximum absolute atomic E-state index is 12.6. The fourth-order valence-electron chi connectivity index (χ4n) is 3.08. The standard InChI is InChI=1S/C18H19NO/c1-13(2)17(14-8-4-3-5-9-14)19-12-15-10-6-7-11-16(15)18(19)20/h3-11,13,17H,12H2,1-2H3. The van der Waals surface area contributed by atoms with Gasteiger partial charge in [-0.2, -0.15) is 0 Å². The monoisotopic (exact) mass is 265 g/mol. The smallest absolute Gasteiger partial charge is 0.255 e. The lowest BCUT2D eigenvalue weighted by atomic mass is 9.94. The molecule has 1 unspecified atom stereocenters. The summed E-state index contributed by atoms with van der Waals surface area (Å²) in [6, 6.07) is 18.4. The quantitative estimate of drug-likeness (QED) is 0.820. The minimum atomic E-state index is 0.135. The zero-order chi connectivity index (χ0) is 14.1. The largest absolute Gasteiger partial charge is 0.327 e. The van der Waals surface area contributed by atoms with Gasteiger partial charge in [0.1, 0.15) is 0 Å². The Kier molecular flexibility index (Phi) is 3.31. The van der Waals surface area contributed by atoms with E-state index in [9.17, 15) is 4.79 Å². The number of rotatable bonds is 3. The summed E-state index contributed by atoms with van der Waals surface area (Å²) in [6.45, 7) is 5.06. The highest BCUT2D eigenvalue weighted by Gasteiger charge is 2.34. The fraction of sp³-hybridized carbons (Fsp3) is 0.278. The molecule has 1 atom stereocenters. The molecule has 0 fully saturated rings. The van der Waals surface area contributed by atoms with Crippen LogP contribution in [0.5, 0.6) is 0 Å². The van der Waals surface area contributed by atoms with Gasteiger partial charge in [0, 0.05) is 12.1 Å². The van der Waals surface area contributed by atoms with Gasteiger partial charge in [-0.25, -0.2) is 0 Å². The first-order valence-corrected chi connectivity index (χ1v) is 7.12. The van der Waals surface area contributed by atoms with Crippen LogP contribution in [0.25, 0.3) is 0 Å². The average molecular weight is 265 g/mol. The molecule has 2 aromatic rings. The highest BCUT2D eigenvalue weighted by Crippen LogP contribution is 2.35. The van der Waals surface area contributed by atoms with Crippen molar-refractivity contribution in [1.82, 2.24) is 4.90 Å². The third-order valence-electron chi connectivity index (χ3n) is 3.96. The summed E-state index contributed by atoms with van der Waals surface area (Å²) in [7, 11) is 0. The minimum Gasteiger partial charge on any atom is -0.327 e. The van der Waals surface area contributed by atoms with E-state index in [4.69, 9.17) is 0 Å². The van der Waals surface area contributed by atoms with Crippen LogP contribution in [-0.4, -0.2) is 10.8 Å². The van der Waals surface area contributed by atoms with E-state index in [0.717, 1.165) is 11.1 Å². The van der Waals surface area contributed by atoms with Gasteiger partial charge in [-0.05, 0) is 23.1 Å². The molecule has 0 aliphatic carbocycles. The summed E-state index contributed by atoms with van der Waals surface area (Å²) in [5.74, 6) is 0.541. The number of fused-ring (bicyclic) bond motifs is 1. The van der Waals surface area contributed by atoms with Crippen molar-refractivity contribution in [2.24, 2.45) is 5.92 Å². The van der Waals surface area contributed by atoms with Gasteiger partial charge in [0.05, 0.1) is 6.04 Å². The summed E-state index contributed by atoms with van der Waals surface area (Å²) in [5, 5.41) is 0. The van der Waals surface area contributed by atoms with Crippen LogP contribution < -0.4 is 0 Å². The van der Waals surface area contributed by atoms with Gasteiger partial charge >= 0.3 is 0 Å². The summed E-state index contributed by atoms with van der Waals surface area (Å²) < 4.78 is 0. The second-order valence-corrected chi connectivity index (χ2v) is 5.69. The summed E-state index contributed by atoms with van der Waals surface area (Å²) >= 11 is 0. The van der Waals surface area contributed by atoms with E-state index in [1.165, 1.54) is 5.56 Å². The van der Waals surface area contributed by atoms with Gasteiger partial charge in [0.25, 0.3) is 5.91 Å². The molecule has 0 aromatic heterocycles. The Hall–Kier alpha value is -2.09. The molecule has 0 saturated heterocycles. The first kappa shape index (κ1) is 12.9.